The first-order valence-corrected chi connectivity index (χ1v) is 16.8. The summed E-state index contributed by atoms with van der Waals surface area (Å²) in [4.78, 5) is 15.0. The van der Waals surface area contributed by atoms with Crippen molar-refractivity contribution < 1.29 is 4.42 Å². The van der Waals surface area contributed by atoms with Crippen molar-refractivity contribution in [1.82, 2.24) is 15.0 Å². The molecule has 0 aliphatic carbocycles. The largest absolute Gasteiger partial charge is 0.456 e. The first-order chi connectivity index (χ1) is 24.7. The van der Waals surface area contributed by atoms with Crippen LogP contribution in [-0.2, 0) is 0 Å². The summed E-state index contributed by atoms with van der Waals surface area (Å²) in [6, 6.07) is 58.7. The van der Waals surface area contributed by atoms with Gasteiger partial charge in [0, 0.05) is 27.5 Å². The average molecular weight is 642 g/mol. The van der Waals surface area contributed by atoms with Gasteiger partial charge in [0.1, 0.15) is 11.2 Å². The predicted molar refractivity (Wildman–Crippen MR) is 204 cm³/mol. The maximum absolute atomic E-state index is 6.50. The van der Waals surface area contributed by atoms with Crippen LogP contribution >= 0.6 is 0 Å². The van der Waals surface area contributed by atoms with E-state index in [0.717, 1.165) is 60.9 Å². The van der Waals surface area contributed by atoms with Gasteiger partial charge in [-0.2, -0.15) is 0 Å². The molecule has 0 bridgehead atoms. The van der Waals surface area contributed by atoms with Crippen LogP contribution in [0.15, 0.2) is 174 Å². The number of benzene rings is 7. The first kappa shape index (κ1) is 29.5. The zero-order chi connectivity index (χ0) is 33.4. The molecule has 0 saturated carbocycles. The van der Waals surface area contributed by atoms with Crippen molar-refractivity contribution in [3.63, 3.8) is 0 Å². The molecule has 0 N–H and O–H groups in total. The maximum Gasteiger partial charge on any atom is 0.164 e. The van der Waals surface area contributed by atoms with Crippen molar-refractivity contribution >= 4 is 21.9 Å². The van der Waals surface area contributed by atoms with Gasteiger partial charge < -0.3 is 4.42 Å². The molecule has 2 aromatic heterocycles. The minimum absolute atomic E-state index is 0.591. The fourth-order valence-corrected chi connectivity index (χ4v) is 6.61. The number of aryl methyl sites for hydroxylation is 1. The number of furan rings is 1. The highest BCUT2D eigenvalue weighted by Crippen LogP contribution is 2.39. The number of aromatic nitrogens is 3. The summed E-state index contributed by atoms with van der Waals surface area (Å²) >= 11 is 0. The lowest BCUT2D eigenvalue weighted by Crippen LogP contribution is -2.00. The lowest BCUT2D eigenvalue weighted by molar-refractivity contribution is 0.669. The van der Waals surface area contributed by atoms with Crippen LogP contribution in [0.2, 0.25) is 0 Å². The van der Waals surface area contributed by atoms with E-state index >= 15 is 0 Å². The van der Waals surface area contributed by atoms with Gasteiger partial charge in [-0.05, 0) is 64.6 Å². The second-order valence-electron chi connectivity index (χ2n) is 12.6. The van der Waals surface area contributed by atoms with E-state index in [0.29, 0.717) is 17.5 Å². The maximum atomic E-state index is 6.50. The van der Waals surface area contributed by atoms with E-state index < -0.39 is 0 Å². The summed E-state index contributed by atoms with van der Waals surface area (Å²) in [5.74, 6) is 1.83. The third-order valence-corrected chi connectivity index (χ3v) is 9.23. The Morgan fingerprint density at radius 1 is 0.360 bits per heavy atom. The van der Waals surface area contributed by atoms with Crippen molar-refractivity contribution in [2.75, 3.05) is 0 Å². The third kappa shape index (κ3) is 5.53. The Bertz CT molecular complexity index is 2630. The van der Waals surface area contributed by atoms with E-state index in [1.165, 1.54) is 16.7 Å². The fourth-order valence-electron chi connectivity index (χ4n) is 6.61. The van der Waals surface area contributed by atoms with E-state index in [4.69, 9.17) is 19.4 Å². The van der Waals surface area contributed by atoms with Crippen LogP contribution in [-0.4, -0.2) is 15.0 Å². The molecular weight excluding hydrogens is 611 g/mol. The quantitative estimate of drug-likeness (QED) is 0.181. The van der Waals surface area contributed by atoms with Crippen LogP contribution in [0, 0.1) is 6.92 Å². The zero-order valence-electron chi connectivity index (χ0n) is 27.4. The summed E-state index contributed by atoms with van der Waals surface area (Å²) in [5, 5.41) is 2.14. The lowest BCUT2D eigenvalue weighted by Gasteiger charge is -2.10. The van der Waals surface area contributed by atoms with Crippen LogP contribution in [0.25, 0.3) is 89.5 Å². The Hall–Kier alpha value is -6.65. The zero-order valence-corrected chi connectivity index (χ0v) is 27.4. The number of hydrogen-bond acceptors (Lipinski definition) is 4. The number of hydrogen-bond donors (Lipinski definition) is 0. The summed E-state index contributed by atoms with van der Waals surface area (Å²) in [6.45, 7) is 2.10. The van der Waals surface area contributed by atoms with Crippen molar-refractivity contribution in [2.45, 2.75) is 6.92 Å². The summed E-state index contributed by atoms with van der Waals surface area (Å²) < 4.78 is 6.50. The Kier molecular flexibility index (Phi) is 7.33. The molecule has 0 aliphatic rings. The molecule has 4 heteroatoms. The second-order valence-corrected chi connectivity index (χ2v) is 12.6. The van der Waals surface area contributed by atoms with Crippen molar-refractivity contribution in [2.24, 2.45) is 0 Å². The Labute approximate surface area is 290 Å². The average Bonchev–Trinajstić information content (AvgIpc) is 3.57. The normalized spacial score (nSPS) is 11.3. The second kappa shape index (κ2) is 12.4. The minimum Gasteiger partial charge on any atom is -0.456 e. The molecular formula is C46H31N3O. The molecule has 0 atom stereocenters. The summed E-state index contributed by atoms with van der Waals surface area (Å²) in [5.41, 5.74) is 12.5. The molecule has 9 aromatic rings. The van der Waals surface area contributed by atoms with Gasteiger partial charge in [-0.3, -0.25) is 0 Å². The summed E-state index contributed by atoms with van der Waals surface area (Å²) in [7, 11) is 0. The van der Waals surface area contributed by atoms with E-state index in [2.05, 4.69) is 128 Å². The van der Waals surface area contributed by atoms with Crippen LogP contribution in [0.4, 0.5) is 0 Å². The lowest BCUT2D eigenvalue weighted by atomic mass is 9.96. The molecule has 2 heterocycles. The highest BCUT2D eigenvalue weighted by atomic mass is 16.3. The summed E-state index contributed by atoms with van der Waals surface area (Å²) in [6.07, 6.45) is 0. The number of fused-ring (bicyclic) bond motifs is 3. The molecule has 0 radical (unpaired) electrons. The van der Waals surface area contributed by atoms with Crippen LogP contribution < -0.4 is 0 Å². The molecule has 50 heavy (non-hydrogen) atoms. The molecule has 0 spiro atoms. The van der Waals surface area contributed by atoms with Gasteiger partial charge in [0.2, 0.25) is 0 Å². The highest BCUT2D eigenvalue weighted by Gasteiger charge is 2.17. The molecule has 0 unspecified atom stereocenters. The van der Waals surface area contributed by atoms with Crippen LogP contribution in [0.1, 0.15) is 5.56 Å². The Balaban J connectivity index is 1.14. The van der Waals surface area contributed by atoms with Gasteiger partial charge in [-0.1, -0.05) is 151 Å². The highest BCUT2D eigenvalue weighted by molar-refractivity contribution is 6.13. The van der Waals surface area contributed by atoms with Gasteiger partial charge in [-0.15, -0.1) is 0 Å². The molecule has 0 saturated heterocycles. The van der Waals surface area contributed by atoms with Gasteiger partial charge >= 0.3 is 0 Å². The molecule has 9 rings (SSSR count). The predicted octanol–water partition coefficient (Wildman–Crippen LogP) is 12.1. The van der Waals surface area contributed by atoms with E-state index in [1.807, 2.05) is 48.5 Å². The van der Waals surface area contributed by atoms with Crippen molar-refractivity contribution in [3.8, 4) is 67.5 Å². The Morgan fingerprint density at radius 3 is 1.58 bits per heavy atom. The molecule has 0 amide bonds. The fraction of sp³-hybridized carbons (Fsp3) is 0.0217. The molecule has 0 aliphatic heterocycles. The van der Waals surface area contributed by atoms with E-state index in [-0.39, 0.29) is 0 Å². The monoisotopic (exact) mass is 641 g/mol. The van der Waals surface area contributed by atoms with Crippen molar-refractivity contribution in [3.05, 3.63) is 175 Å². The van der Waals surface area contributed by atoms with Crippen molar-refractivity contribution in [1.29, 1.82) is 0 Å². The van der Waals surface area contributed by atoms with Gasteiger partial charge in [0.25, 0.3) is 0 Å². The van der Waals surface area contributed by atoms with Crippen LogP contribution in [0.3, 0.4) is 0 Å². The van der Waals surface area contributed by atoms with Gasteiger partial charge in [0.15, 0.2) is 17.5 Å². The van der Waals surface area contributed by atoms with Gasteiger partial charge in [0.05, 0.1) is 0 Å². The third-order valence-electron chi connectivity index (χ3n) is 9.23. The minimum atomic E-state index is 0.591. The molecule has 236 valence electrons. The van der Waals surface area contributed by atoms with E-state index in [9.17, 15) is 0 Å². The van der Waals surface area contributed by atoms with Crippen LogP contribution in [0.5, 0.6) is 0 Å². The first-order valence-electron chi connectivity index (χ1n) is 16.8. The van der Waals surface area contributed by atoms with Gasteiger partial charge in [-0.25, -0.2) is 15.0 Å². The number of nitrogens with zero attached hydrogens (tertiary/aromatic N) is 3. The van der Waals surface area contributed by atoms with E-state index in [1.54, 1.807) is 0 Å². The molecule has 4 nitrogen and oxygen atoms in total. The number of rotatable bonds is 6. The molecule has 7 aromatic carbocycles. The SMILES string of the molecule is Cc1ccc(-c2cccc(-c3nc(-c4ccccc4)nc(-c4ccc5c(c4)oc4cccc(-c6ccc(-c7ccccc7)cc6)c45)n3)c2)cc1. The Morgan fingerprint density at radius 2 is 0.860 bits per heavy atom. The standard InChI is InChI=1S/C46H31N3O/c1-30-18-20-33(21-19-30)36-14-8-15-37(28-36)45-47-44(35-12-6-3-7-13-35)48-46(49-45)38-26-27-40-42(29-38)50-41-17-9-16-39(43(40)41)34-24-22-32(23-25-34)31-10-4-2-5-11-31/h2-29H,1H3. The topological polar surface area (TPSA) is 51.8 Å². The molecule has 0 fully saturated rings. The smallest absolute Gasteiger partial charge is 0.164 e.